The molecule has 2 rings (SSSR count). The Balaban J connectivity index is 2.23. The summed E-state index contributed by atoms with van der Waals surface area (Å²) in [5, 5.41) is 8.77. The van der Waals surface area contributed by atoms with Crippen molar-refractivity contribution in [1.29, 1.82) is 0 Å². The smallest absolute Gasteiger partial charge is 0.276 e. The van der Waals surface area contributed by atoms with Gasteiger partial charge in [-0.1, -0.05) is 0 Å². The van der Waals surface area contributed by atoms with E-state index in [1.165, 1.54) is 16.4 Å². The van der Waals surface area contributed by atoms with Crippen LogP contribution in [0.15, 0.2) is 21.6 Å². The number of hydrogen-bond donors (Lipinski definition) is 1. The molecule has 2 heterocycles. The molecule has 102 valence electrons. The fourth-order valence-corrected chi connectivity index (χ4v) is 3.37. The first-order valence-corrected chi connectivity index (χ1v) is 7.29. The minimum absolute atomic E-state index is 0.124. The second kappa shape index (κ2) is 5.40. The highest BCUT2D eigenvalue weighted by atomic mass is 32.2. The van der Waals surface area contributed by atoms with Gasteiger partial charge < -0.3 is 14.3 Å². The first-order valence-electron chi connectivity index (χ1n) is 5.85. The third-order valence-electron chi connectivity index (χ3n) is 2.80. The summed E-state index contributed by atoms with van der Waals surface area (Å²) in [6, 6.07) is 2.84. The van der Waals surface area contributed by atoms with Crippen molar-refractivity contribution < 1.29 is 22.7 Å². The van der Waals surface area contributed by atoms with E-state index in [2.05, 4.69) is 0 Å². The maximum atomic E-state index is 12.3. The van der Waals surface area contributed by atoms with E-state index < -0.39 is 10.0 Å². The standard InChI is InChI=1S/C11H17NO5S/c1-9-7-12(5-2-6-16-9)18(14,15)11-4-3-10(8-13)17-11/h3-4,9,13H,2,5-8H2,1H3. The fraction of sp³-hybridized carbons (Fsp3) is 0.636. The molecule has 0 amide bonds. The molecule has 1 aliphatic rings. The summed E-state index contributed by atoms with van der Waals surface area (Å²) in [5.41, 5.74) is 0. The summed E-state index contributed by atoms with van der Waals surface area (Å²) in [7, 11) is -3.63. The highest BCUT2D eigenvalue weighted by Crippen LogP contribution is 2.21. The average molecular weight is 275 g/mol. The number of furan rings is 1. The van der Waals surface area contributed by atoms with Crippen molar-refractivity contribution >= 4 is 10.0 Å². The van der Waals surface area contributed by atoms with Crippen LogP contribution in [0.4, 0.5) is 0 Å². The Hall–Kier alpha value is -0.890. The van der Waals surface area contributed by atoms with Gasteiger partial charge in [-0.2, -0.15) is 4.31 Å². The van der Waals surface area contributed by atoms with Crippen molar-refractivity contribution in [3.05, 3.63) is 17.9 Å². The van der Waals surface area contributed by atoms with E-state index in [0.717, 1.165) is 0 Å². The Morgan fingerprint density at radius 3 is 2.94 bits per heavy atom. The van der Waals surface area contributed by atoms with Crippen LogP contribution in [0.1, 0.15) is 19.1 Å². The average Bonchev–Trinajstić information content (AvgIpc) is 2.72. The van der Waals surface area contributed by atoms with Crippen LogP contribution >= 0.6 is 0 Å². The van der Waals surface area contributed by atoms with E-state index in [0.29, 0.717) is 26.1 Å². The zero-order valence-corrected chi connectivity index (χ0v) is 11.0. The van der Waals surface area contributed by atoms with Gasteiger partial charge in [-0.3, -0.25) is 0 Å². The molecule has 1 atom stereocenters. The summed E-state index contributed by atoms with van der Waals surface area (Å²) >= 11 is 0. The first-order chi connectivity index (χ1) is 8.54. The van der Waals surface area contributed by atoms with Crippen molar-refractivity contribution in [3.63, 3.8) is 0 Å². The molecule has 1 fully saturated rings. The van der Waals surface area contributed by atoms with Gasteiger partial charge in [0.15, 0.2) is 0 Å². The minimum atomic E-state index is -3.63. The molecule has 1 aromatic heterocycles. The zero-order chi connectivity index (χ0) is 13.2. The minimum Gasteiger partial charge on any atom is -0.446 e. The molecule has 18 heavy (non-hydrogen) atoms. The van der Waals surface area contributed by atoms with Crippen LogP contribution in [0.25, 0.3) is 0 Å². The largest absolute Gasteiger partial charge is 0.446 e. The van der Waals surface area contributed by atoms with E-state index in [1.807, 2.05) is 6.92 Å². The second-order valence-electron chi connectivity index (χ2n) is 4.28. The normalized spacial score (nSPS) is 22.9. The number of sulfonamides is 1. The summed E-state index contributed by atoms with van der Waals surface area (Å²) in [5.74, 6) is 0.243. The molecule has 1 aromatic rings. The van der Waals surface area contributed by atoms with E-state index in [1.54, 1.807) is 0 Å². The monoisotopic (exact) mass is 275 g/mol. The lowest BCUT2D eigenvalue weighted by molar-refractivity contribution is 0.0750. The molecule has 0 aliphatic carbocycles. The fourth-order valence-electron chi connectivity index (χ4n) is 1.88. The maximum Gasteiger partial charge on any atom is 0.276 e. The van der Waals surface area contributed by atoms with E-state index >= 15 is 0 Å². The van der Waals surface area contributed by atoms with Crippen molar-refractivity contribution in [2.24, 2.45) is 0 Å². The molecule has 1 unspecified atom stereocenters. The lowest BCUT2D eigenvalue weighted by atomic mass is 10.4. The lowest BCUT2D eigenvalue weighted by Gasteiger charge is -2.20. The summed E-state index contributed by atoms with van der Waals surface area (Å²) < 4.78 is 36.5. The van der Waals surface area contributed by atoms with Crippen molar-refractivity contribution in [1.82, 2.24) is 4.31 Å². The molecule has 6 nitrogen and oxygen atoms in total. The van der Waals surface area contributed by atoms with Crippen LogP contribution in [-0.2, 0) is 21.4 Å². The molecule has 7 heteroatoms. The van der Waals surface area contributed by atoms with Crippen LogP contribution in [0.5, 0.6) is 0 Å². The highest BCUT2D eigenvalue weighted by molar-refractivity contribution is 7.89. The molecular formula is C11H17NO5S. The van der Waals surface area contributed by atoms with Gasteiger partial charge in [0.05, 0.1) is 6.10 Å². The van der Waals surface area contributed by atoms with E-state index in [-0.39, 0.29) is 23.6 Å². The zero-order valence-electron chi connectivity index (χ0n) is 10.2. The van der Waals surface area contributed by atoms with Gasteiger partial charge in [-0.15, -0.1) is 0 Å². The Labute approximate surface area is 106 Å². The molecule has 1 saturated heterocycles. The number of rotatable bonds is 3. The van der Waals surface area contributed by atoms with E-state index in [4.69, 9.17) is 14.3 Å². The summed E-state index contributed by atoms with van der Waals surface area (Å²) in [6.45, 7) is 2.83. The first kappa shape index (κ1) is 13.5. The highest BCUT2D eigenvalue weighted by Gasteiger charge is 2.30. The van der Waals surface area contributed by atoms with Crippen molar-refractivity contribution in [2.75, 3.05) is 19.7 Å². The lowest BCUT2D eigenvalue weighted by Crippen LogP contribution is -2.35. The number of hydrogen-bond acceptors (Lipinski definition) is 5. The summed E-state index contributed by atoms with van der Waals surface area (Å²) in [4.78, 5) is 0. The second-order valence-corrected chi connectivity index (χ2v) is 6.15. The molecule has 0 spiro atoms. The Kier molecular flexibility index (Phi) is 4.06. The quantitative estimate of drug-likeness (QED) is 0.872. The number of aliphatic hydroxyl groups excluding tert-OH is 1. The third-order valence-corrected chi connectivity index (χ3v) is 4.54. The van der Waals surface area contributed by atoms with Crippen LogP contribution in [-0.4, -0.2) is 43.6 Å². The predicted octanol–water partition coefficient (Wildman–Crippen LogP) is 0.571. The molecule has 1 aliphatic heterocycles. The van der Waals surface area contributed by atoms with Gasteiger partial charge in [0, 0.05) is 19.7 Å². The van der Waals surface area contributed by atoms with Crippen molar-refractivity contribution in [3.8, 4) is 0 Å². The van der Waals surface area contributed by atoms with Gasteiger partial charge >= 0.3 is 0 Å². The van der Waals surface area contributed by atoms with Gasteiger partial charge in [0.2, 0.25) is 5.09 Å². The Morgan fingerprint density at radius 2 is 2.28 bits per heavy atom. The number of aliphatic hydroxyl groups is 1. The van der Waals surface area contributed by atoms with Crippen LogP contribution in [0.3, 0.4) is 0 Å². The maximum absolute atomic E-state index is 12.3. The third kappa shape index (κ3) is 2.74. The molecule has 0 bridgehead atoms. The van der Waals surface area contributed by atoms with Crippen LogP contribution in [0.2, 0.25) is 0 Å². The van der Waals surface area contributed by atoms with Gasteiger partial charge in [0.1, 0.15) is 12.4 Å². The Morgan fingerprint density at radius 1 is 1.50 bits per heavy atom. The topological polar surface area (TPSA) is 80.0 Å². The molecule has 1 N–H and O–H groups in total. The van der Waals surface area contributed by atoms with Gasteiger partial charge in [0.25, 0.3) is 10.0 Å². The van der Waals surface area contributed by atoms with Crippen molar-refractivity contribution in [2.45, 2.75) is 31.1 Å². The molecule has 0 saturated carbocycles. The summed E-state index contributed by atoms with van der Waals surface area (Å²) in [6.07, 6.45) is 0.534. The Bertz CT molecular complexity index is 495. The molecular weight excluding hydrogens is 258 g/mol. The number of ether oxygens (including phenoxy) is 1. The predicted molar refractivity (Wildman–Crippen MR) is 63.4 cm³/mol. The van der Waals surface area contributed by atoms with Crippen LogP contribution in [0, 0.1) is 0 Å². The van der Waals surface area contributed by atoms with Gasteiger partial charge in [-0.25, -0.2) is 8.42 Å². The molecule has 0 radical (unpaired) electrons. The van der Waals surface area contributed by atoms with Crippen LogP contribution < -0.4 is 0 Å². The van der Waals surface area contributed by atoms with Gasteiger partial charge in [-0.05, 0) is 25.5 Å². The van der Waals surface area contributed by atoms with E-state index in [9.17, 15) is 8.42 Å². The number of nitrogens with zero attached hydrogens (tertiary/aromatic N) is 1. The SMILES string of the molecule is CC1CN(S(=O)(=O)c2ccc(CO)o2)CCCO1. The molecule has 0 aromatic carbocycles.